The highest BCUT2D eigenvalue weighted by Crippen LogP contribution is 2.16. The molecule has 1 saturated heterocycles. The fourth-order valence-corrected chi connectivity index (χ4v) is 2.16. The maximum absolute atomic E-state index is 11.9. The lowest BCUT2D eigenvalue weighted by Crippen LogP contribution is -2.47. The summed E-state index contributed by atoms with van der Waals surface area (Å²) in [5.74, 6) is -1.05. The van der Waals surface area contributed by atoms with Crippen molar-refractivity contribution in [2.75, 3.05) is 26.2 Å². The van der Waals surface area contributed by atoms with Gasteiger partial charge in [-0.3, -0.25) is 9.59 Å². The Morgan fingerprint density at radius 1 is 1.29 bits per heavy atom. The number of urea groups is 1. The molecule has 0 aliphatic carbocycles. The van der Waals surface area contributed by atoms with Gasteiger partial charge in [0.25, 0.3) is 0 Å². The van der Waals surface area contributed by atoms with Gasteiger partial charge in [0.15, 0.2) is 0 Å². The van der Waals surface area contributed by atoms with Crippen LogP contribution in [0.3, 0.4) is 0 Å². The van der Waals surface area contributed by atoms with Gasteiger partial charge in [-0.1, -0.05) is 13.8 Å². The van der Waals surface area contributed by atoms with Gasteiger partial charge in [0.2, 0.25) is 5.91 Å². The highest BCUT2D eigenvalue weighted by atomic mass is 16.4. The number of hydrogen-bond acceptors (Lipinski definition) is 3. The summed E-state index contributed by atoms with van der Waals surface area (Å²) in [5, 5.41) is 14.4. The minimum Gasteiger partial charge on any atom is -0.481 e. The molecule has 0 aromatic carbocycles. The third-order valence-corrected chi connectivity index (χ3v) is 3.39. The van der Waals surface area contributed by atoms with Crippen LogP contribution in [0.25, 0.3) is 0 Å². The SMILES string of the molecule is CC(C)CNC(=O)CCNC(=O)N1CCC[C@@H](C(=O)O)C1. The van der Waals surface area contributed by atoms with E-state index in [-0.39, 0.29) is 31.4 Å². The number of rotatable bonds is 6. The largest absolute Gasteiger partial charge is 0.481 e. The predicted molar refractivity (Wildman–Crippen MR) is 77.8 cm³/mol. The van der Waals surface area contributed by atoms with E-state index in [2.05, 4.69) is 10.6 Å². The summed E-state index contributed by atoms with van der Waals surface area (Å²) in [6.45, 7) is 5.71. The number of aliphatic carboxylic acids is 1. The minimum atomic E-state index is -0.861. The van der Waals surface area contributed by atoms with Crippen molar-refractivity contribution in [2.45, 2.75) is 33.1 Å². The average Bonchev–Trinajstić information content (AvgIpc) is 2.45. The van der Waals surface area contributed by atoms with Crippen LogP contribution in [0.2, 0.25) is 0 Å². The topological polar surface area (TPSA) is 98.7 Å². The van der Waals surface area contributed by atoms with Gasteiger partial charge < -0.3 is 20.6 Å². The van der Waals surface area contributed by atoms with Crippen LogP contribution in [0.15, 0.2) is 0 Å². The average molecular weight is 299 g/mol. The maximum Gasteiger partial charge on any atom is 0.317 e. The Bertz CT molecular complexity index is 384. The number of carbonyl (C=O) groups is 3. The lowest BCUT2D eigenvalue weighted by molar-refractivity contribution is -0.143. The molecule has 0 bridgehead atoms. The predicted octanol–water partition coefficient (Wildman–Crippen LogP) is 0.655. The van der Waals surface area contributed by atoms with Gasteiger partial charge in [0.1, 0.15) is 0 Å². The Morgan fingerprint density at radius 2 is 2.00 bits per heavy atom. The van der Waals surface area contributed by atoms with Crippen LogP contribution in [-0.4, -0.2) is 54.1 Å². The molecule has 0 radical (unpaired) electrons. The summed E-state index contributed by atoms with van der Waals surface area (Å²) in [6.07, 6.45) is 1.53. The molecule has 0 aromatic rings. The molecule has 1 rings (SSSR count). The Morgan fingerprint density at radius 3 is 2.62 bits per heavy atom. The number of hydrogen-bond donors (Lipinski definition) is 3. The Labute approximate surface area is 125 Å². The molecule has 3 amide bonds. The zero-order valence-electron chi connectivity index (χ0n) is 12.7. The van der Waals surface area contributed by atoms with E-state index in [0.717, 1.165) is 0 Å². The molecule has 3 N–H and O–H groups in total. The minimum absolute atomic E-state index is 0.0916. The zero-order valence-corrected chi connectivity index (χ0v) is 12.7. The number of nitrogens with zero attached hydrogens (tertiary/aromatic N) is 1. The van der Waals surface area contributed by atoms with E-state index in [1.165, 1.54) is 4.90 Å². The Kier molecular flexibility index (Phi) is 6.98. The van der Waals surface area contributed by atoms with E-state index >= 15 is 0 Å². The summed E-state index contributed by atoms with van der Waals surface area (Å²) in [4.78, 5) is 35.8. The van der Waals surface area contributed by atoms with Crippen LogP contribution in [0.5, 0.6) is 0 Å². The fraction of sp³-hybridized carbons (Fsp3) is 0.786. The van der Waals surface area contributed by atoms with Gasteiger partial charge in [-0.25, -0.2) is 4.79 Å². The Balaban J connectivity index is 2.24. The first-order valence-electron chi connectivity index (χ1n) is 7.42. The van der Waals surface area contributed by atoms with Crippen LogP contribution < -0.4 is 10.6 Å². The summed E-state index contributed by atoms with van der Waals surface area (Å²) in [5.41, 5.74) is 0. The number of piperidine rings is 1. The number of carboxylic acid groups (broad SMARTS) is 1. The third kappa shape index (κ3) is 6.46. The van der Waals surface area contributed by atoms with Gasteiger partial charge in [0, 0.05) is 32.6 Å². The van der Waals surface area contributed by atoms with Gasteiger partial charge >= 0.3 is 12.0 Å². The molecule has 0 saturated carbocycles. The fourth-order valence-electron chi connectivity index (χ4n) is 2.16. The van der Waals surface area contributed by atoms with Crippen molar-refractivity contribution >= 4 is 17.9 Å². The van der Waals surface area contributed by atoms with Gasteiger partial charge in [-0.15, -0.1) is 0 Å². The normalized spacial score (nSPS) is 18.4. The van der Waals surface area contributed by atoms with Crippen molar-refractivity contribution in [3.63, 3.8) is 0 Å². The molecular formula is C14H25N3O4. The quantitative estimate of drug-likeness (QED) is 0.671. The van der Waals surface area contributed by atoms with Crippen molar-refractivity contribution in [1.82, 2.24) is 15.5 Å². The van der Waals surface area contributed by atoms with Crippen molar-refractivity contribution in [3.8, 4) is 0 Å². The molecule has 1 aliphatic rings. The molecule has 0 spiro atoms. The second kappa shape index (κ2) is 8.49. The molecule has 120 valence electrons. The van der Waals surface area contributed by atoms with E-state index in [1.807, 2.05) is 13.8 Å². The number of carbonyl (C=O) groups excluding carboxylic acids is 2. The number of carboxylic acids is 1. The summed E-state index contributed by atoms with van der Waals surface area (Å²) in [6, 6.07) is -0.294. The Hall–Kier alpha value is -1.79. The summed E-state index contributed by atoms with van der Waals surface area (Å²) in [7, 11) is 0. The van der Waals surface area contributed by atoms with Crippen LogP contribution in [-0.2, 0) is 9.59 Å². The number of likely N-dealkylation sites (tertiary alicyclic amines) is 1. The zero-order chi connectivity index (χ0) is 15.8. The first kappa shape index (κ1) is 17.3. The molecule has 21 heavy (non-hydrogen) atoms. The van der Waals surface area contributed by atoms with Crippen LogP contribution >= 0.6 is 0 Å². The number of nitrogens with one attached hydrogen (secondary N) is 2. The van der Waals surface area contributed by atoms with Crippen LogP contribution in [0.1, 0.15) is 33.1 Å². The summed E-state index contributed by atoms with van der Waals surface area (Å²) >= 11 is 0. The van der Waals surface area contributed by atoms with E-state index in [0.29, 0.717) is 31.8 Å². The van der Waals surface area contributed by atoms with Gasteiger partial charge in [0.05, 0.1) is 5.92 Å². The highest BCUT2D eigenvalue weighted by molar-refractivity contribution is 5.79. The molecule has 0 aromatic heterocycles. The van der Waals surface area contributed by atoms with Gasteiger partial charge in [-0.05, 0) is 18.8 Å². The van der Waals surface area contributed by atoms with E-state index in [1.54, 1.807) is 0 Å². The van der Waals surface area contributed by atoms with Crippen LogP contribution in [0, 0.1) is 11.8 Å². The third-order valence-electron chi connectivity index (χ3n) is 3.39. The molecule has 1 fully saturated rings. The molecule has 1 aliphatic heterocycles. The first-order chi connectivity index (χ1) is 9.90. The summed E-state index contributed by atoms with van der Waals surface area (Å²) < 4.78 is 0. The molecular weight excluding hydrogens is 274 g/mol. The highest BCUT2D eigenvalue weighted by Gasteiger charge is 2.27. The molecule has 7 heteroatoms. The molecule has 1 atom stereocenters. The second-order valence-corrected chi connectivity index (χ2v) is 5.80. The van der Waals surface area contributed by atoms with Crippen LogP contribution in [0.4, 0.5) is 4.79 Å². The smallest absolute Gasteiger partial charge is 0.317 e. The lowest BCUT2D eigenvalue weighted by atomic mass is 9.99. The van der Waals surface area contributed by atoms with Gasteiger partial charge in [-0.2, -0.15) is 0 Å². The van der Waals surface area contributed by atoms with Crippen molar-refractivity contribution in [2.24, 2.45) is 11.8 Å². The maximum atomic E-state index is 11.9. The lowest BCUT2D eigenvalue weighted by Gasteiger charge is -2.30. The van der Waals surface area contributed by atoms with E-state index in [9.17, 15) is 14.4 Å². The number of amides is 3. The second-order valence-electron chi connectivity index (χ2n) is 5.80. The van der Waals surface area contributed by atoms with Crippen molar-refractivity contribution in [3.05, 3.63) is 0 Å². The monoisotopic (exact) mass is 299 g/mol. The molecule has 7 nitrogen and oxygen atoms in total. The molecule has 0 unspecified atom stereocenters. The van der Waals surface area contributed by atoms with E-state index in [4.69, 9.17) is 5.11 Å². The standard InChI is InChI=1S/C14H25N3O4/c1-10(2)8-16-12(18)5-6-15-14(21)17-7-3-4-11(9-17)13(19)20/h10-11H,3-9H2,1-2H3,(H,15,21)(H,16,18)(H,19,20)/t11-/m1/s1. The van der Waals surface area contributed by atoms with Crippen molar-refractivity contribution in [1.29, 1.82) is 0 Å². The first-order valence-corrected chi connectivity index (χ1v) is 7.42. The van der Waals surface area contributed by atoms with Crippen molar-refractivity contribution < 1.29 is 19.5 Å². The van der Waals surface area contributed by atoms with E-state index < -0.39 is 11.9 Å². The molecule has 1 heterocycles.